The molecular formula is C22H32N2O3S. The Hall–Kier alpha value is -1.40. The van der Waals surface area contributed by atoms with Crippen LogP contribution in [0.5, 0.6) is 0 Å². The highest BCUT2D eigenvalue weighted by Crippen LogP contribution is 2.60. The summed E-state index contributed by atoms with van der Waals surface area (Å²) in [5, 5.41) is 3.17. The highest BCUT2D eigenvalue weighted by Gasteiger charge is 2.54. The van der Waals surface area contributed by atoms with Crippen LogP contribution in [0.1, 0.15) is 63.5 Å². The predicted octanol–water partition coefficient (Wildman–Crippen LogP) is 3.35. The van der Waals surface area contributed by atoms with Gasteiger partial charge in [0.25, 0.3) is 0 Å². The first-order valence-electron chi connectivity index (χ1n) is 10.6. The van der Waals surface area contributed by atoms with E-state index in [-0.39, 0.29) is 23.1 Å². The zero-order chi connectivity index (χ0) is 19.9. The van der Waals surface area contributed by atoms with Crippen molar-refractivity contribution in [2.45, 2.75) is 70.7 Å². The number of amides is 1. The van der Waals surface area contributed by atoms with Gasteiger partial charge in [-0.1, -0.05) is 24.3 Å². The normalized spacial score (nSPS) is 31.3. The van der Waals surface area contributed by atoms with Crippen LogP contribution in [0.3, 0.4) is 0 Å². The van der Waals surface area contributed by atoms with Crippen molar-refractivity contribution >= 4 is 15.9 Å². The number of hydrogen-bond acceptors (Lipinski definition) is 3. The van der Waals surface area contributed by atoms with E-state index in [1.54, 1.807) is 0 Å². The van der Waals surface area contributed by atoms with E-state index >= 15 is 0 Å². The largest absolute Gasteiger partial charge is 0.352 e. The molecule has 1 amide bonds. The number of sulfonamides is 1. The molecule has 154 valence electrons. The van der Waals surface area contributed by atoms with Crippen LogP contribution in [0.15, 0.2) is 24.3 Å². The molecule has 1 aromatic rings. The third-order valence-electron chi connectivity index (χ3n) is 6.84. The molecule has 0 aromatic heterocycles. The minimum atomic E-state index is -3.39. The lowest BCUT2D eigenvalue weighted by Gasteiger charge is -2.55. The summed E-state index contributed by atoms with van der Waals surface area (Å²) in [5.41, 5.74) is 1.46. The Morgan fingerprint density at radius 2 is 1.57 bits per heavy atom. The van der Waals surface area contributed by atoms with Gasteiger partial charge in [-0.2, -0.15) is 0 Å². The van der Waals surface area contributed by atoms with Gasteiger partial charge in [0.2, 0.25) is 15.9 Å². The number of rotatable bonds is 7. The number of carbonyl (C=O) groups is 1. The summed E-state index contributed by atoms with van der Waals surface area (Å²) in [5.74, 6) is 2.32. The zero-order valence-corrected chi connectivity index (χ0v) is 17.7. The van der Waals surface area contributed by atoms with E-state index in [9.17, 15) is 13.2 Å². The predicted molar refractivity (Wildman–Crippen MR) is 110 cm³/mol. The molecule has 4 fully saturated rings. The van der Waals surface area contributed by atoms with Gasteiger partial charge in [0.15, 0.2) is 0 Å². The maximum absolute atomic E-state index is 13.2. The lowest BCUT2D eigenvalue weighted by molar-refractivity contribution is -0.146. The molecule has 4 aliphatic rings. The lowest BCUT2D eigenvalue weighted by atomic mass is 9.49. The van der Waals surface area contributed by atoms with Gasteiger partial charge in [-0.25, -0.2) is 13.1 Å². The fraction of sp³-hybridized carbons (Fsp3) is 0.682. The molecular weight excluding hydrogens is 372 g/mol. The van der Waals surface area contributed by atoms with E-state index in [0.717, 1.165) is 48.1 Å². The lowest BCUT2D eigenvalue weighted by Crippen LogP contribution is -2.53. The van der Waals surface area contributed by atoms with E-state index in [2.05, 4.69) is 10.0 Å². The van der Waals surface area contributed by atoms with Crippen molar-refractivity contribution < 1.29 is 13.2 Å². The SMILES string of the molecule is CC(C)NS(=O)(=O)Cc1ccccc1CNC(=O)C12CC3CC(CC(C3)C1)C2. The topological polar surface area (TPSA) is 75.3 Å². The van der Waals surface area contributed by atoms with Gasteiger partial charge in [0.1, 0.15) is 0 Å². The molecule has 2 N–H and O–H groups in total. The molecule has 4 aliphatic carbocycles. The van der Waals surface area contributed by atoms with Gasteiger partial charge in [-0.15, -0.1) is 0 Å². The third kappa shape index (κ3) is 4.13. The van der Waals surface area contributed by atoms with Crippen LogP contribution >= 0.6 is 0 Å². The van der Waals surface area contributed by atoms with Crippen molar-refractivity contribution in [3.05, 3.63) is 35.4 Å². The zero-order valence-electron chi connectivity index (χ0n) is 16.9. The summed E-state index contributed by atoms with van der Waals surface area (Å²) in [6, 6.07) is 7.38. The van der Waals surface area contributed by atoms with Gasteiger partial charge in [-0.3, -0.25) is 4.79 Å². The molecule has 0 radical (unpaired) electrons. The van der Waals surface area contributed by atoms with E-state index in [1.165, 1.54) is 19.3 Å². The Labute approximate surface area is 168 Å². The summed E-state index contributed by atoms with van der Waals surface area (Å²) in [7, 11) is -3.39. The number of carbonyl (C=O) groups excluding carboxylic acids is 1. The van der Waals surface area contributed by atoms with Gasteiger partial charge in [0, 0.05) is 18.0 Å². The molecule has 0 atom stereocenters. The summed E-state index contributed by atoms with van der Waals surface area (Å²) in [6.07, 6.45) is 7.07. The summed E-state index contributed by atoms with van der Waals surface area (Å²) in [4.78, 5) is 13.2. The molecule has 28 heavy (non-hydrogen) atoms. The molecule has 0 saturated heterocycles. The molecule has 4 bridgehead atoms. The smallest absolute Gasteiger partial charge is 0.226 e. The Morgan fingerprint density at radius 3 is 2.11 bits per heavy atom. The standard InChI is InChI=1S/C22H32N2O3S/c1-15(2)24-28(26,27)14-20-6-4-3-5-19(20)13-23-21(25)22-10-16-7-17(11-22)9-18(8-16)12-22/h3-6,15-18,24H,7-14H2,1-2H3,(H,23,25). The average Bonchev–Trinajstić information content (AvgIpc) is 2.58. The molecule has 4 saturated carbocycles. The van der Waals surface area contributed by atoms with Crippen molar-refractivity contribution in [3.63, 3.8) is 0 Å². The molecule has 0 spiro atoms. The van der Waals surface area contributed by atoms with Crippen molar-refractivity contribution in [2.75, 3.05) is 0 Å². The first-order chi connectivity index (χ1) is 13.2. The van der Waals surface area contributed by atoms with E-state index in [4.69, 9.17) is 0 Å². The Balaban J connectivity index is 1.44. The van der Waals surface area contributed by atoms with E-state index in [0.29, 0.717) is 6.54 Å². The van der Waals surface area contributed by atoms with Crippen molar-refractivity contribution in [3.8, 4) is 0 Å². The summed E-state index contributed by atoms with van der Waals surface area (Å²) >= 11 is 0. The van der Waals surface area contributed by atoms with Gasteiger partial charge >= 0.3 is 0 Å². The Kier molecular flexibility index (Phi) is 5.29. The van der Waals surface area contributed by atoms with E-state index in [1.807, 2.05) is 38.1 Å². The second-order valence-corrected chi connectivity index (χ2v) is 11.4. The summed E-state index contributed by atoms with van der Waals surface area (Å²) in [6.45, 7) is 4.03. The highest BCUT2D eigenvalue weighted by atomic mass is 32.2. The third-order valence-corrected chi connectivity index (χ3v) is 8.36. The highest BCUT2D eigenvalue weighted by molar-refractivity contribution is 7.88. The molecule has 0 aliphatic heterocycles. The maximum atomic E-state index is 13.2. The van der Waals surface area contributed by atoms with Crippen molar-refractivity contribution in [1.29, 1.82) is 0 Å². The average molecular weight is 405 g/mol. The van der Waals surface area contributed by atoms with Crippen LogP contribution < -0.4 is 10.0 Å². The second-order valence-electron chi connectivity index (χ2n) is 9.68. The number of benzene rings is 1. The molecule has 0 unspecified atom stereocenters. The van der Waals surface area contributed by atoms with Gasteiger partial charge in [-0.05, 0) is 81.3 Å². The molecule has 5 rings (SSSR count). The molecule has 6 heteroatoms. The Bertz CT molecular complexity index is 812. The van der Waals surface area contributed by atoms with Crippen molar-refractivity contribution in [1.82, 2.24) is 10.0 Å². The molecule has 5 nitrogen and oxygen atoms in total. The fourth-order valence-electron chi connectivity index (χ4n) is 6.23. The molecule has 1 aromatic carbocycles. The Morgan fingerprint density at radius 1 is 1.04 bits per heavy atom. The maximum Gasteiger partial charge on any atom is 0.226 e. The number of hydrogen-bond donors (Lipinski definition) is 2. The van der Waals surface area contributed by atoms with Crippen LogP contribution in [0.2, 0.25) is 0 Å². The van der Waals surface area contributed by atoms with Crippen LogP contribution in [-0.2, 0) is 27.1 Å². The van der Waals surface area contributed by atoms with Gasteiger partial charge in [0.05, 0.1) is 5.75 Å². The second kappa shape index (κ2) is 7.45. The minimum Gasteiger partial charge on any atom is -0.352 e. The van der Waals surface area contributed by atoms with Crippen LogP contribution in [0.25, 0.3) is 0 Å². The first kappa shape index (κ1) is 19.9. The summed E-state index contributed by atoms with van der Waals surface area (Å²) < 4.78 is 27.3. The van der Waals surface area contributed by atoms with Gasteiger partial charge < -0.3 is 5.32 Å². The monoisotopic (exact) mass is 404 g/mol. The van der Waals surface area contributed by atoms with Crippen LogP contribution in [0.4, 0.5) is 0 Å². The van der Waals surface area contributed by atoms with Crippen LogP contribution in [-0.4, -0.2) is 20.4 Å². The molecule has 0 heterocycles. The fourth-order valence-corrected chi connectivity index (χ4v) is 7.72. The number of nitrogens with one attached hydrogen (secondary N) is 2. The first-order valence-corrected chi connectivity index (χ1v) is 12.2. The minimum absolute atomic E-state index is 0.0609. The van der Waals surface area contributed by atoms with Crippen LogP contribution in [0, 0.1) is 23.2 Å². The quantitative estimate of drug-likeness (QED) is 0.732. The van der Waals surface area contributed by atoms with Crippen molar-refractivity contribution in [2.24, 2.45) is 23.2 Å². The van der Waals surface area contributed by atoms with E-state index < -0.39 is 10.0 Å².